The fourth-order valence-corrected chi connectivity index (χ4v) is 2.90. The van der Waals surface area contributed by atoms with E-state index >= 15 is 0 Å². The first kappa shape index (κ1) is 21.1. The topological polar surface area (TPSA) is 78.8 Å². The zero-order valence-electron chi connectivity index (χ0n) is 14.5. The fourth-order valence-electron chi connectivity index (χ4n) is 2.90. The molecule has 2 heterocycles. The Morgan fingerprint density at radius 1 is 1.46 bits per heavy atom. The summed E-state index contributed by atoms with van der Waals surface area (Å²) in [4.78, 5) is 8.39. The SMILES string of the molecule is CN=C(NCCc1ccncc1C)NCC1(CCO)CCOC1.I. The van der Waals surface area contributed by atoms with Crippen LogP contribution in [-0.2, 0) is 11.2 Å². The summed E-state index contributed by atoms with van der Waals surface area (Å²) < 4.78 is 5.51. The van der Waals surface area contributed by atoms with Crippen molar-refractivity contribution in [2.24, 2.45) is 10.4 Å². The molecule has 0 aromatic carbocycles. The number of pyridine rings is 1. The number of nitrogens with zero attached hydrogens (tertiary/aromatic N) is 2. The third-order valence-corrected chi connectivity index (χ3v) is 4.50. The number of rotatable bonds is 7. The minimum Gasteiger partial charge on any atom is -0.396 e. The molecular formula is C17H29IN4O2. The Kier molecular flexibility index (Phi) is 9.53. The van der Waals surface area contributed by atoms with E-state index in [9.17, 15) is 5.11 Å². The van der Waals surface area contributed by atoms with Crippen LogP contribution in [0.3, 0.4) is 0 Å². The second kappa shape index (κ2) is 10.8. The smallest absolute Gasteiger partial charge is 0.191 e. The van der Waals surface area contributed by atoms with E-state index in [0.717, 1.165) is 44.9 Å². The monoisotopic (exact) mass is 448 g/mol. The molecule has 6 nitrogen and oxygen atoms in total. The van der Waals surface area contributed by atoms with Gasteiger partial charge in [-0.05, 0) is 43.4 Å². The van der Waals surface area contributed by atoms with Crippen LogP contribution in [0.4, 0.5) is 0 Å². The minimum atomic E-state index is 0. The van der Waals surface area contributed by atoms with Crippen molar-refractivity contribution in [3.8, 4) is 0 Å². The summed E-state index contributed by atoms with van der Waals surface area (Å²) in [7, 11) is 1.77. The van der Waals surface area contributed by atoms with E-state index in [-0.39, 0.29) is 36.0 Å². The summed E-state index contributed by atoms with van der Waals surface area (Å²) in [5.41, 5.74) is 2.53. The number of aliphatic hydroxyl groups excluding tert-OH is 1. The third-order valence-electron chi connectivity index (χ3n) is 4.50. The zero-order chi connectivity index (χ0) is 16.5. The van der Waals surface area contributed by atoms with E-state index < -0.39 is 0 Å². The van der Waals surface area contributed by atoms with Gasteiger partial charge in [0.15, 0.2) is 5.96 Å². The largest absolute Gasteiger partial charge is 0.396 e. The highest BCUT2D eigenvalue weighted by molar-refractivity contribution is 14.0. The van der Waals surface area contributed by atoms with Crippen molar-refractivity contribution >= 4 is 29.9 Å². The number of nitrogens with one attached hydrogen (secondary N) is 2. The maximum absolute atomic E-state index is 9.27. The van der Waals surface area contributed by atoms with Crippen LogP contribution in [0.25, 0.3) is 0 Å². The van der Waals surface area contributed by atoms with Crippen molar-refractivity contribution in [1.29, 1.82) is 0 Å². The van der Waals surface area contributed by atoms with Gasteiger partial charge in [0.25, 0.3) is 0 Å². The van der Waals surface area contributed by atoms with Crippen molar-refractivity contribution in [2.45, 2.75) is 26.2 Å². The molecule has 0 aliphatic carbocycles. The van der Waals surface area contributed by atoms with Gasteiger partial charge in [0.05, 0.1) is 6.61 Å². The van der Waals surface area contributed by atoms with E-state index in [1.807, 2.05) is 12.4 Å². The average Bonchev–Trinajstić information content (AvgIpc) is 3.01. The first-order chi connectivity index (χ1) is 11.2. The van der Waals surface area contributed by atoms with Gasteiger partial charge in [-0.3, -0.25) is 9.98 Å². The van der Waals surface area contributed by atoms with Crippen molar-refractivity contribution in [2.75, 3.05) is 40.0 Å². The van der Waals surface area contributed by atoms with E-state index in [2.05, 4.69) is 33.6 Å². The lowest BCUT2D eigenvalue weighted by Gasteiger charge is -2.27. The summed E-state index contributed by atoms with van der Waals surface area (Å²) in [6.07, 6.45) is 6.39. The normalized spacial score (nSPS) is 20.5. The van der Waals surface area contributed by atoms with Crippen molar-refractivity contribution in [3.05, 3.63) is 29.6 Å². The summed E-state index contributed by atoms with van der Waals surface area (Å²) in [5, 5.41) is 16.0. The lowest BCUT2D eigenvalue weighted by Crippen LogP contribution is -2.45. The molecule has 1 saturated heterocycles. The summed E-state index contributed by atoms with van der Waals surface area (Å²) in [6.45, 7) is 5.32. The molecule has 7 heteroatoms. The molecule has 0 spiro atoms. The van der Waals surface area contributed by atoms with E-state index in [4.69, 9.17) is 4.74 Å². The molecule has 1 aromatic rings. The maximum atomic E-state index is 9.27. The molecule has 0 saturated carbocycles. The van der Waals surface area contributed by atoms with Gasteiger partial charge < -0.3 is 20.5 Å². The molecule has 1 aliphatic rings. The molecule has 1 fully saturated rings. The molecule has 0 radical (unpaired) electrons. The van der Waals surface area contributed by atoms with Crippen molar-refractivity contribution in [3.63, 3.8) is 0 Å². The molecule has 3 N–H and O–H groups in total. The fraction of sp³-hybridized carbons (Fsp3) is 0.647. The molecule has 1 atom stereocenters. The minimum absolute atomic E-state index is 0. The van der Waals surface area contributed by atoms with Gasteiger partial charge in [0, 0.05) is 51.2 Å². The third kappa shape index (κ3) is 6.18. The van der Waals surface area contributed by atoms with Crippen LogP contribution >= 0.6 is 24.0 Å². The first-order valence-electron chi connectivity index (χ1n) is 8.22. The molecule has 0 amide bonds. The molecule has 2 rings (SSSR count). The van der Waals surface area contributed by atoms with E-state index in [0.29, 0.717) is 6.61 Å². The Labute approximate surface area is 161 Å². The number of ether oxygens (including phenoxy) is 1. The Balaban J connectivity index is 0.00000288. The van der Waals surface area contributed by atoms with Crippen LogP contribution in [-0.4, -0.2) is 56.0 Å². The van der Waals surface area contributed by atoms with Gasteiger partial charge in [0.1, 0.15) is 0 Å². The number of aromatic nitrogens is 1. The Morgan fingerprint density at radius 2 is 2.29 bits per heavy atom. The van der Waals surface area contributed by atoms with Crippen LogP contribution < -0.4 is 10.6 Å². The predicted octanol–water partition coefficient (Wildman–Crippen LogP) is 1.50. The van der Waals surface area contributed by atoms with Crippen LogP contribution in [0.2, 0.25) is 0 Å². The standard InChI is InChI=1S/C17H28N4O2.HI/c1-14-11-19-7-3-15(14)4-8-20-16(18-2)21-12-17(5-9-22)6-10-23-13-17;/h3,7,11,22H,4-6,8-10,12-13H2,1-2H3,(H2,18,20,21);1H. The highest BCUT2D eigenvalue weighted by Gasteiger charge is 2.34. The van der Waals surface area contributed by atoms with Crippen LogP contribution in [0.1, 0.15) is 24.0 Å². The van der Waals surface area contributed by atoms with Crippen molar-refractivity contribution < 1.29 is 9.84 Å². The zero-order valence-corrected chi connectivity index (χ0v) is 16.9. The number of guanidine groups is 1. The summed E-state index contributed by atoms with van der Waals surface area (Å²) in [6, 6.07) is 2.05. The number of hydrogen-bond donors (Lipinski definition) is 3. The lowest BCUT2D eigenvalue weighted by atomic mass is 9.84. The predicted molar refractivity (Wildman–Crippen MR) is 107 cm³/mol. The van der Waals surface area contributed by atoms with Gasteiger partial charge in [-0.25, -0.2) is 0 Å². The first-order valence-corrected chi connectivity index (χ1v) is 8.22. The number of aliphatic hydroxyl groups is 1. The Hall–Kier alpha value is -0.930. The van der Waals surface area contributed by atoms with E-state index in [1.165, 1.54) is 11.1 Å². The van der Waals surface area contributed by atoms with E-state index in [1.54, 1.807) is 7.05 Å². The van der Waals surface area contributed by atoms with Crippen LogP contribution in [0.15, 0.2) is 23.5 Å². The number of halogens is 1. The highest BCUT2D eigenvalue weighted by atomic mass is 127. The molecule has 0 bridgehead atoms. The average molecular weight is 448 g/mol. The van der Waals surface area contributed by atoms with Gasteiger partial charge in [-0.2, -0.15) is 0 Å². The number of aryl methyl sites for hydroxylation is 1. The summed E-state index contributed by atoms with van der Waals surface area (Å²) in [5.74, 6) is 0.793. The maximum Gasteiger partial charge on any atom is 0.191 e. The van der Waals surface area contributed by atoms with Crippen LogP contribution in [0.5, 0.6) is 0 Å². The lowest BCUT2D eigenvalue weighted by molar-refractivity contribution is 0.127. The van der Waals surface area contributed by atoms with Gasteiger partial charge in [0.2, 0.25) is 0 Å². The molecule has 136 valence electrons. The number of aliphatic imine (C=N–C) groups is 1. The van der Waals surface area contributed by atoms with Crippen LogP contribution in [0, 0.1) is 12.3 Å². The van der Waals surface area contributed by atoms with Crippen molar-refractivity contribution in [1.82, 2.24) is 15.6 Å². The number of hydrogen-bond acceptors (Lipinski definition) is 4. The Morgan fingerprint density at radius 3 is 2.92 bits per heavy atom. The summed E-state index contributed by atoms with van der Waals surface area (Å²) >= 11 is 0. The molecule has 24 heavy (non-hydrogen) atoms. The molecule has 1 unspecified atom stereocenters. The molecule has 1 aromatic heterocycles. The molecule has 1 aliphatic heterocycles. The second-order valence-corrected chi connectivity index (χ2v) is 6.18. The Bertz CT molecular complexity index is 519. The highest BCUT2D eigenvalue weighted by Crippen LogP contribution is 2.31. The quantitative estimate of drug-likeness (QED) is 0.335. The van der Waals surface area contributed by atoms with Gasteiger partial charge in [-0.1, -0.05) is 0 Å². The molecular weight excluding hydrogens is 419 g/mol. The van der Waals surface area contributed by atoms with Gasteiger partial charge in [-0.15, -0.1) is 24.0 Å². The van der Waals surface area contributed by atoms with Gasteiger partial charge >= 0.3 is 0 Å². The second-order valence-electron chi connectivity index (χ2n) is 6.18.